The van der Waals surface area contributed by atoms with Crippen LogP contribution in [0.25, 0.3) is 0 Å². The molecule has 0 aromatic heterocycles. The van der Waals surface area contributed by atoms with Gasteiger partial charge < -0.3 is 10.5 Å². The van der Waals surface area contributed by atoms with Crippen molar-refractivity contribution in [3.8, 4) is 0 Å². The number of hydrogen-bond donors (Lipinski definition) is 1. The highest BCUT2D eigenvalue weighted by Gasteiger charge is 2.19. The second-order valence-electron chi connectivity index (χ2n) is 2.00. The van der Waals surface area contributed by atoms with Crippen LogP contribution in [0.4, 0.5) is 0 Å². The van der Waals surface area contributed by atoms with Crippen molar-refractivity contribution in [2.24, 2.45) is 5.73 Å². The van der Waals surface area contributed by atoms with Crippen molar-refractivity contribution in [2.75, 3.05) is 6.61 Å². The molecule has 48 valence electrons. The third kappa shape index (κ3) is 1.56. The van der Waals surface area contributed by atoms with E-state index in [0.717, 1.165) is 13.0 Å². The maximum Gasteiger partial charge on any atom is 0.0834 e. The van der Waals surface area contributed by atoms with Gasteiger partial charge in [-0.15, -0.1) is 0 Å². The Morgan fingerprint density at radius 1 is 1.75 bits per heavy atom. The van der Waals surface area contributed by atoms with Gasteiger partial charge in [0.25, 0.3) is 0 Å². The van der Waals surface area contributed by atoms with E-state index in [1.54, 1.807) is 0 Å². The molecule has 2 unspecified atom stereocenters. The standard InChI is InChI=1S/C5H10INO/c6-5(7)4-2-1-3-8-4/h4-5H,1-3,7H2. The minimum Gasteiger partial charge on any atom is -0.376 e. The normalized spacial score (nSPS) is 33.0. The maximum absolute atomic E-state index is 5.56. The number of rotatable bonds is 1. The highest BCUT2D eigenvalue weighted by atomic mass is 127. The summed E-state index contributed by atoms with van der Waals surface area (Å²) in [6.07, 6.45) is 2.65. The van der Waals surface area contributed by atoms with E-state index in [4.69, 9.17) is 10.5 Å². The zero-order valence-corrected chi connectivity index (χ0v) is 6.80. The van der Waals surface area contributed by atoms with Gasteiger partial charge in [0.15, 0.2) is 0 Å². The van der Waals surface area contributed by atoms with Gasteiger partial charge in [-0.05, 0) is 12.8 Å². The Labute approximate surface area is 62.9 Å². The van der Waals surface area contributed by atoms with Crippen molar-refractivity contribution in [3.05, 3.63) is 0 Å². The summed E-state index contributed by atoms with van der Waals surface area (Å²) in [5.41, 5.74) is 5.56. The van der Waals surface area contributed by atoms with Crippen LogP contribution in [-0.4, -0.2) is 16.8 Å². The summed E-state index contributed by atoms with van der Waals surface area (Å²) < 4.78 is 5.47. The van der Waals surface area contributed by atoms with E-state index in [1.807, 2.05) is 0 Å². The lowest BCUT2D eigenvalue weighted by Gasteiger charge is -2.10. The van der Waals surface area contributed by atoms with Crippen molar-refractivity contribution in [2.45, 2.75) is 23.0 Å². The SMILES string of the molecule is NC(I)C1CCCO1. The van der Waals surface area contributed by atoms with E-state index < -0.39 is 0 Å². The summed E-state index contributed by atoms with van der Waals surface area (Å²) in [5, 5.41) is 0. The fraction of sp³-hybridized carbons (Fsp3) is 1.00. The molecule has 0 radical (unpaired) electrons. The summed E-state index contributed by atoms with van der Waals surface area (Å²) in [7, 11) is 0. The van der Waals surface area contributed by atoms with Gasteiger partial charge in [0.2, 0.25) is 0 Å². The molecule has 0 amide bonds. The van der Waals surface area contributed by atoms with Crippen molar-refractivity contribution >= 4 is 22.6 Å². The Kier molecular flexibility index (Phi) is 2.52. The van der Waals surface area contributed by atoms with Gasteiger partial charge in [0, 0.05) is 6.61 Å². The quantitative estimate of drug-likeness (QED) is 0.410. The third-order valence-electron chi connectivity index (χ3n) is 1.32. The fourth-order valence-electron chi connectivity index (χ4n) is 0.854. The number of hydrogen-bond acceptors (Lipinski definition) is 2. The van der Waals surface area contributed by atoms with Crippen LogP contribution in [0.3, 0.4) is 0 Å². The first kappa shape index (κ1) is 6.77. The molecule has 1 rings (SSSR count). The Hall–Kier alpha value is 0.650. The fourth-order valence-corrected chi connectivity index (χ4v) is 1.42. The number of alkyl halides is 1. The van der Waals surface area contributed by atoms with Crippen LogP contribution in [0.15, 0.2) is 0 Å². The molecule has 1 aliphatic heterocycles. The van der Waals surface area contributed by atoms with Gasteiger partial charge in [-0.3, -0.25) is 0 Å². The maximum atomic E-state index is 5.56. The summed E-state index contributed by atoms with van der Waals surface area (Å²) >= 11 is 2.20. The van der Waals surface area contributed by atoms with E-state index >= 15 is 0 Å². The predicted octanol–water partition coefficient (Wildman–Crippen LogP) is 0.885. The first-order chi connectivity index (χ1) is 3.80. The molecule has 0 spiro atoms. The molecule has 2 nitrogen and oxygen atoms in total. The average molecular weight is 227 g/mol. The number of nitrogens with two attached hydrogens (primary N) is 1. The molecule has 1 saturated heterocycles. The molecule has 2 atom stereocenters. The molecule has 0 saturated carbocycles. The van der Waals surface area contributed by atoms with E-state index in [0.29, 0.717) is 6.10 Å². The highest BCUT2D eigenvalue weighted by Crippen LogP contribution is 2.17. The molecule has 2 N–H and O–H groups in total. The first-order valence-electron chi connectivity index (χ1n) is 2.82. The minimum absolute atomic E-state index is 0.190. The summed E-state index contributed by atoms with van der Waals surface area (Å²) in [6.45, 7) is 0.904. The van der Waals surface area contributed by atoms with Crippen molar-refractivity contribution in [1.29, 1.82) is 0 Å². The lowest BCUT2D eigenvalue weighted by atomic mass is 10.2. The minimum atomic E-state index is 0.190. The summed E-state index contributed by atoms with van der Waals surface area (Å²) in [6, 6.07) is 0. The van der Waals surface area contributed by atoms with E-state index in [2.05, 4.69) is 22.6 Å². The van der Waals surface area contributed by atoms with Gasteiger partial charge >= 0.3 is 0 Å². The summed E-state index contributed by atoms with van der Waals surface area (Å²) in [4.78, 5) is 0. The van der Waals surface area contributed by atoms with Crippen LogP contribution in [-0.2, 0) is 4.74 Å². The molecule has 0 aromatic rings. The molecule has 3 heteroatoms. The zero-order valence-electron chi connectivity index (χ0n) is 4.64. The first-order valence-corrected chi connectivity index (χ1v) is 4.06. The Balaban J connectivity index is 2.24. The Morgan fingerprint density at radius 2 is 2.50 bits per heavy atom. The molecule has 1 fully saturated rings. The lowest BCUT2D eigenvalue weighted by molar-refractivity contribution is 0.113. The van der Waals surface area contributed by atoms with Crippen LogP contribution in [0.2, 0.25) is 0 Å². The van der Waals surface area contributed by atoms with Gasteiger partial charge in [-0.25, -0.2) is 0 Å². The molecule has 8 heavy (non-hydrogen) atoms. The molecular weight excluding hydrogens is 217 g/mol. The van der Waals surface area contributed by atoms with Gasteiger partial charge in [0.1, 0.15) is 0 Å². The van der Waals surface area contributed by atoms with Gasteiger partial charge in [-0.2, -0.15) is 0 Å². The van der Waals surface area contributed by atoms with E-state index in [-0.39, 0.29) is 4.05 Å². The average Bonchev–Trinajstić information content (AvgIpc) is 2.12. The molecule has 1 heterocycles. The number of ether oxygens (including phenoxy) is 1. The van der Waals surface area contributed by atoms with Crippen molar-refractivity contribution < 1.29 is 4.74 Å². The predicted molar refractivity (Wildman–Crippen MR) is 41.0 cm³/mol. The van der Waals surface area contributed by atoms with Gasteiger partial charge in [-0.1, -0.05) is 22.6 Å². The van der Waals surface area contributed by atoms with Crippen LogP contribution in [0, 0.1) is 0 Å². The van der Waals surface area contributed by atoms with Crippen LogP contribution in [0.1, 0.15) is 12.8 Å². The topological polar surface area (TPSA) is 35.2 Å². The monoisotopic (exact) mass is 227 g/mol. The molecule has 0 aromatic carbocycles. The molecule has 1 aliphatic rings. The molecular formula is C5H10INO. The van der Waals surface area contributed by atoms with Gasteiger partial charge in [0.05, 0.1) is 10.2 Å². The Morgan fingerprint density at radius 3 is 2.75 bits per heavy atom. The van der Waals surface area contributed by atoms with Crippen LogP contribution >= 0.6 is 22.6 Å². The second kappa shape index (κ2) is 2.98. The Bertz CT molecular complexity index is 70.8. The largest absolute Gasteiger partial charge is 0.376 e. The van der Waals surface area contributed by atoms with Crippen molar-refractivity contribution in [3.63, 3.8) is 0 Å². The molecule has 0 bridgehead atoms. The smallest absolute Gasteiger partial charge is 0.0834 e. The highest BCUT2D eigenvalue weighted by molar-refractivity contribution is 14.1. The van der Waals surface area contributed by atoms with Crippen LogP contribution in [0.5, 0.6) is 0 Å². The van der Waals surface area contributed by atoms with Crippen molar-refractivity contribution in [1.82, 2.24) is 0 Å². The lowest BCUT2D eigenvalue weighted by Crippen LogP contribution is -2.27. The zero-order chi connectivity index (χ0) is 5.98. The summed E-state index contributed by atoms with van der Waals surface area (Å²) in [5.74, 6) is 0. The third-order valence-corrected chi connectivity index (χ3v) is 2.12. The number of halogens is 1. The second-order valence-corrected chi connectivity index (χ2v) is 3.43. The van der Waals surface area contributed by atoms with E-state index in [9.17, 15) is 0 Å². The van der Waals surface area contributed by atoms with E-state index in [1.165, 1.54) is 6.42 Å². The van der Waals surface area contributed by atoms with Crippen LogP contribution < -0.4 is 5.73 Å². The molecule has 0 aliphatic carbocycles.